The van der Waals surface area contributed by atoms with Gasteiger partial charge in [-0.15, -0.1) is 0 Å². The second kappa shape index (κ2) is 6.74. The Labute approximate surface area is 111 Å². The SMILES string of the molecule is CCCNc1cccc(CN2CCCC2CC)n1. The van der Waals surface area contributed by atoms with Crippen LogP contribution >= 0.6 is 0 Å². The summed E-state index contributed by atoms with van der Waals surface area (Å²) in [6.07, 6.45) is 5.08. The van der Waals surface area contributed by atoms with Crippen molar-refractivity contribution in [2.75, 3.05) is 18.4 Å². The fraction of sp³-hybridized carbons (Fsp3) is 0.667. The Balaban J connectivity index is 1.96. The molecule has 18 heavy (non-hydrogen) atoms. The molecule has 100 valence electrons. The van der Waals surface area contributed by atoms with E-state index >= 15 is 0 Å². The minimum Gasteiger partial charge on any atom is -0.370 e. The van der Waals surface area contributed by atoms with Crippen molar-refractivity contribution in [2.24, 2.45) is 0 Å². The van der Waals surface area contributed by atoms with Crippen molar-refractivity contribution in [3.8, 4) is 0 Å². The van der Waals surface area contributed by atoms with Crippen LogP contribution in [0.2, 0.25) is 0 Å². The molecule has 1 atom stereocenters. The summed E-state index contributed by atoms with van der Waals surface area (Å²) in [5, 5.41) is 3.36. The van der Waals surface area contributed by atoms with Crippen molar-refractivity contribution in [1.29, 1.82) is 0 Å². The van der Waals surface area contributed by atoms with Gasteiger partial charge in [0.15, 0.2) is 0 Å². The van der Waals surface area contributed by atoms with E-state index in [1.807, 2.05) is 0 Å². The average Bonchev–Trinajstić information content (AvgIpc) is 2.84. The fourth-order valence-corrected chi connectivity index (χ4v) is 2.69. The number of hydrogen-bond donors (Lipinski definition) is 1. The van der Waals surface area contributed by atoms with E-state index in [0.29, 0.717) is 0 Å². The second-order valence-corrected chi connectivity index (χ2v) is 5.12. The molecular formula is C15H25N3. The molecule has 0 amide bonds. The third-order valence-corrected chi connectivity index (χ3v) is 3.70. The highest BCUT2D eigenvalue weighted by Gasteiger charge is 2.22. The summed E-state index contributed by atoms with van der Waals surface area (Å²) in [7, 11) is 0. The molecular weight excluding hydrogens is 222 g/mol. The average molecular weight is 247 g/mol. The van der Waals surface area contributed by atoms with Crippen molar-refractivity contribution in [2.45, 2.75) is 52.1 Å². The first-order valence-electron chi connectivity index (χ1n) is 7.27. The van der Waals surface area contributed by atoms with Gasteiger partial charge in [0.25, 0.3) is 0 Å². The Kier molecular flexibility index (Phi) is 5.00. The number of nitrogens with one attached hydrogen (secondary N) is 1. The van der Waals surface area contributed by atoms with E-state index in [0.717, 1.165) is 31.4 Å². The van der Waals surface area contributed by atoms with Crippen LogP contribution in [0.15, 0.2) is 18.2 Å². The standard InChI is InChI=1S/C15H25N3/c1-3-10-16-15-9-5-7-13(17-15)12-18-11-6-8-14(18)4-2/h5,7,9,14H,3-4,6,8,10-12H2,1-2H3,(H,16,17). The van der Waals surface area contributed by atoms with E-state index in [1.165, 1.54) is 31.5 Å². The third kappa shape index (κ3) is 3.45. The predicted octanol–water partition coefficient (Wildman–Crippen LogP) is 3.28. The molecule has 3 heteroatoms. The highest BCUT2D eigenvalue weighted by atomic mass is 15.2. The van der Waals surface area contributed by atoms with E-state index in [1.54, 1.807) is 0 Å². The van der Waals surface area contributed by atoms with Crippen LogP contribution in [0.1, 0.15) is 45.2 Å². The third-order valence-electron chi connectivity index (χ3n) is 3.70. The van der Waals surface area contributed by atoms with Crippen LogP contribution in [-0.2, 0) is 6.54 Å². The van der Waals surface area contributed by atoms with Crippen LogP contribution in [0.3, 0.4) is 0 Å². The molecule has 0 radical (unpaired) electrons. The maximum Gasteiger partial charge on any atom is 0.126 e. The van der Waals surface area contributed by atoms with Gasteiger partial charge in [0.1, 0.15) is 5.82 Å². The minimum atomic E-state index is 0.763. The molecule has 1 unspecified atom stereocenters. The summed E-state index contributed by atoms with van der Waals surface area (Å²) in [5.41, 5.74) is 1.19. The lowest BCUT2D eigenvalue weighted by atomic mass is 10.1. The number of aromatic nitrogens is 1. The number of pyridine rings is 1. The van der Waals surface area contributed by atoms with Crippen molar-refractivity contribution >= 4 is 5.82 Å². The lowest BCUT2D eigenvalue weighted by molar-refractivity contribution is 0.237. The van der Waals surface area contributed by atoms with Gasteiger partial charge >= 0.3 is 0 Å². The normalized spacial score (nSPS) is 20.2. The predicted molar refractivity (Wildman–Crippen MR) is 76.7 cm³/mol. The number of rotatable bonds is 6. The molecule has 1 aromatic rings. The van der Waals surface area contributed by atoms with Crippen molar-refractivity contribution in [1.82, 2.24) is 9.88 Å². The molecule has 1 aromatic heterocycles. The zero-order valence-electron chi connectivity index (χ0n) is 11.7. The first-order chi connectivity index (χ1) is 8.83. The van der Waals surface area contributed by atoms with Gasteiger partial charge in [-0.3, -0.25) is 4.90 Å². The monoisotopic (exact) mass is 247 g/mol. The summed E-state index contributed by atoms with van der Waals surface area (Å²) in [5.74, 6) is 1.02. The summed E-state index contributed by atoms with van der Waals surface area (Å²) < 4.78 is 0. The van der Waals surface area contributed by atoms with Gasteiger partial charge in [-0.05, 0) is 44.4 Å². The van der Waals surface area contributed by atoms with Gasteiger partial charge in [-0.2, -0.15) is 0 Å². The van der Waals surface area contributed by atoms with Gasteiger partial charge in [-0.25, -0.2) is 4.98 Å². The van der Waals surface area contributed by atoms with Crippen molar-refractivity contribution in [3.63, 3.8) is 0 Å². The molecule has 3 nitrogen and oxygen atoms in total. The molecule has 0 saturated carbocycles. The topological polar surface area (TPSA) is 28.2 Å². The highest BCUT2D eigenvalue weighted by Crippen LogP contribution is 2.21. The Hall–Kier alpha value is -1.09. The Morgan fingerprint density at radius 2 is 2.28 bits per heavy atom. The summed E-state index contributed by atoms with van der Waals surface area (Å²) in [4.78, 5) is 7.27. The van der Waals surface area contributed by atoms with Gasteiger partial charge in [0, 0.05) is 19.1 Å². The Morgan fingerprint density at radius 1 is 1.39 bits per heavy atom. The summed E-state index contributed by atoms with van der Waals surface area (Å²) >= 11 is 0. The lowest BCUT2D eigenvalue weighted by Crippen LogP contribution is -2.28. The van der Waals surface area contributed by atoms with Crippen LogP contribution in [-0.4, -0.2) is 29.0 Å². The molecule has 0 bridgehead atoms. The Morgan fingerprint density at radius 3 is 3.06 bits per heavy atom. The largest absolute Gasteiger partial charge is 0.370 e. The molecule has 0 aliphatic carbocycles. The quantitative estimate of drug-likeness (QED) is 0.836. The molecule has 2 rings (SSSR count). The van der Waals surface area contributed by atoms with E-state index in [4.69, 9.17) is 0 Å². The first kappa shape index (κ1) is 13.3. The van der Waals surface area contributed by atoms with Gasteiger partial charge in [0.05, 0.1) is 5.69 Å². The number of nitrogens with zero attached hydrogens (tertiary/aromatic N) is 2. The summed E-state index contributed by atoms with van der Waals surface area (Å²) in [6.45, 7) is 7.69. The van der Waals surface area contributed by atoms with Gasteiger partial charge in [0.2, 0.25) is 0 Å². The van der Waals surface area contributed by atoms with Crippen LogP contribution in [0.4, 0.5) is 5.82 Å². The Bertz CT molecular complexity index is 365. The van der Waals surface area contributed by atoms with Crippen molar-refractivity contribution < 1.29 is 0 Å². The van der Waals surface area contributed by atoms with E-state index in [-0.39, 0.29) is 0 Å². The zero-order chi connectivity index (χ0) is 12.8. The van der Waals surface area contributed by atoms with Crippen molar-refractivity contribution in [3.05, 3.63) is 23.9 Å². The number of likely N-dealkylation sites (tertiary alicyclic amines) is 1. The molecule has 0 aromatic carbocycles. The molecule has 1 saturated heterocycles. The van der Waals surface area contributed by atoms with Gasteiger partial charge in [-0.1, -0.05) is 19.9 Å². The molecule has 1 fully saturated rings. The fourth-order valence-electron chi connectivity index (χ4n) is 2.69. The van der Waals surface area contributed by atoms with Crippen LogP contribution in [0, 0.1) is 0 Å². The highest BCUT2D eigenvalue weighted by molar-refractivity contribution is 5.35. The van der Waals surface area contributed by atoms with E-state index in [9.17, 15) is 0 Å². The maximum absolute atomic E-state index is 4.69. The first-order valence-corrected chi connectivity index (χ1v) is 7.27. The molecule has 1 aliphatic heterocycles. The molecule has 2 heterocycles. The molecule has 1 N–H and O–H groups in total. The molecule has 0 spiro atoms. The number of hydrogen-bond acceptors (Lipinski definition) is 3. The number of anilines is 1. The van der Waals surface area contributed by atoms with Crippen LogP contribution in [0.25, 0.3) is 0 Å². The van der Waals surface area contributed by atoms with Crippen LogP contribution < -0.4 is 5.32 Å². The van der Waals surface area contributed by atoms with Gasteiger partial charge < -0.3 is 5.32 Å². The molecule has 1 aliphatic rings. The summed E-state index contributed by atoms with van der Waals surface area (Å²) in [6, 6.07) is 7.07. The van der Waals surface area contributed by atoms with E-state index in [2.05, 4.69) is 47.2 Å². The second-order valence-electron chi connectivity index (χ2n) is 5.12. The lowest BCUT2D eigenvalue weighted by Gasteiger charge is -2.22. The smallest absolute Gasteiger partial charge is 0.126 e. The van der Waals surface area contributed by atoms with Crippen LogP contribution in [0.5, 0.6) is 0 Å². The maximum atomic E-state index is 4.69. The minimum absolute atomic E-state index is 0.763. The van der Waals surface area contributed by atoms with E-state index < -0.39 is 0 Å². The zero-order valence-corrected chi connectivity index (χ0v) is 11.7.